The van der Waals surface area contributed by atoms with Crippen LogP contribution in [0.25, 0.3) is 0 Å². The Bertz CT molecular complexity index is 650. The van der Waals surface area contributed by atoms with Gasteiger partial charge in [0.1, 0.15) is 6.04 Å². The maximum atomic E-state index is 12.1. The van der Waals surface area contributed by atoms with Crippen LogP contribution in [0.2, 0.25) is 0 Å². The van der Waals surface area contributed by atoms with Gasteiger partial charge in [0.2, 0.25) is 5.91 Å². The van der Waals surface area contributed by atoms with Crippen LogP contribution >= 0.6 is 0 Å². The van der Waals surface area contributed by atoms with Crippen LogP contribution in [0.1, 0.15) is 23.3 Å². The Morgan fingerprint density at radius 3 is 2.75 bits per heavy atom. The Morgan fingerprint density at radius 2 is 2.15 bits per heavy atom. The number of benzene rings is 1. The molecule has 1 aromatic carbocycles. The van der Waals surface area contributed by atoms with E-state index in [-0.39, 0.29) is 11.5 Å². The molecule has 2 aromatic rings. The van der Waals surface area contributed by atoms with E-state index < -0.39 is 11.9 Å². The van der Waals surface area contributed by atoms with Crippen molar-refractivity contribution in [2.45, 2.75) is 13.0 Å². The maximum Gasteiger partial charge on any atom is 0.251 e. The SMILES string of the molecule is CC(C(=O)Nc1cccc(N)c1)n1cc(C(N)=O)cn1. The summed E-state index contributed by atoms with van der Waals surface area (Å²) in [6.07, 6.45) is 2.76. The molecule has 1 atom stereocenters. The van der Waals surface area contributed by atoms with Gasteiger partial charge in [0.15, 0.2) is 0 Å². The first-order chi connectivity index (χ1) is 9.47. The smallest absolute Gasteiger partial charge is 0.251 e. The summed E-state index contributed by atoms with van der Waals surface area (Å²) >= 11 is 0. The standard InChI is InChI=1S/C13H15N5O2/c1-8(18-7-9(6-16-18)12(15)19)13(20)17-11-4-2-3-10(14)5-11/h2-8H,14H2,1H3,(H2,15,19)(H,17,20). The van der Waals surface area contributed by atoms with Crippen molar-refractivity contribution in [2.24, 2.45) is 5.73 Å². The minimum Gasteiger partial charge on any atom is -0.399 e. The van der Waals surface area contributed by atoms with Crippen LogP contribution in [0.3, 0.4) is 0 Å². The Morgan fingerprint density at radius 1 is 1.40 bits per heavy atom. The largest absolute Gasteiger partial charge is 0.399 e. The summed E-state index contributed by atoms with van der Waals surface area (Å²) in [6.45, 7) is 1.67. The summed E-state index contributed by atoms with van der Waals surface area (Å²) < 4.78 is 1.38. The van der Waals surface area contributed by atoms with E-state index in [2.05, 4.69) is 10.4 Å². The second kappa shape index (κ2) is 5.43. The van der Waals surface area contributed by atoms with Crippen molar-refractivity contribution in [3.63, 3.8) is 0 Å². The van der Waals surface area contributed by atoms with E-state index in [1.807, 2.05) is 0 Å². The van der Waals surface area contributed by atoms with Gasteiger partial charge in [-0.1, -0.05) is 6.07 Å². The fourth-order valence-corrected chi connectivity index (χ4v) is 1.66. The lowest BCUT2D eigenvalue weighted by Crippen LogP contribution is -2.24. The number of hydrogen-bond donors (Lipinski definition) is 3. The average molecular weight is 273 g/mol. The molecule has 0 spiro atoms. The molecule has 0 aliphatic carbocycles. The molecule has 5 N–H and O–H groups in total. The highest BCUT2D eigenvalue weighted by molar-refractivity contribution is 5.94. The molecule has 0 fully saturated rings. The number of nitrogen functional groups attached to an aromatic ring is 1. The number of anilines is 2. The number of aromatic nitrogens is 2. The van der Waals surface area contributed by atoms with E-state index in [0.717, 1.165) is 0 Å². The molecule has 2 rings (SSSR count). The minimum atomic E-state index is -0.584. The fourth-order valence-electron chi connectivity index (χ4n) is 1.66. The van der Waals surface area contributed by atoms with Gasteiger partial charge in [-0.05, 0) is 25.1 Å². The van der Waals surface area contributed by atoms with Crippen LogP contribution in [-0.2, 0) is 4.79 Å². The van der Waals surface area contributed by atoms with Gasteiger partial charge in [0.05, 0.1) is 11.8 Å². The third-order valence-electron chi connectivity index (χ3n) is 2.82. The topological polar surface area (TPSA) is 116 Å². The first-order valence-corrected chi connectivity index (χ1v) is 5.97. The monoisotopic (exact) mass is 273 g/mol. The lowest BCUT2D eigenvalue weighted by atomic mass is 10.2. The molecule has 1 unspecified atom stereocenters. The highest BCUT2D eigenvalue weighted by Crippen LogP contribution is 2.14. The zero-order valence-corrected chi connectivity index (χ0v) is 10.9. The van der Waals surface area contributed by atoms with Gasteiger partial charge < -0.3 is 16.8 Å². The molecule has 1 aromatic heterocycles. The molecule has 104 valence electrons. The van der Waals surface area contributed by atoms with Crippen LogP contribution in [0, 0.1) is 0 Å². The van der Waals surface area contributed by atoms with Crippen molar-refractivity contribution in [3.05, 3.63) is 42.2 Å². The van der Waals surface area contributed by atoms with Crippen LogP contribution < -0.4 is 16.8 Å². The van der Waals surface area contributed by atoms with Gasteiger partial charge in [0, 0.05) is 17.6 Å². The summed E-state index contributed by atoms with van der Waals surface area (Å²) in [7, 11) is 0. The third kappa shape index (κ3) is 2.94. The first-order valence-electron chi connectivity index (χ1n) is 5.97. The number of primary amides is 1. The van der Waals surface area contributed by atoms with Crippen molar-refractivity contribution in [1.82, 2.24) is 9.78 Å². The zero-order chi connectivity index (χ0) is 14.7. The van der Waals surface area contributed by atoms with Gasteiger partial charge >= 0.3 is 0 Å². The number of carbonyl (C=O) groups is 2. The number of carbonyl (C=O) groups excluding carboxylic acids is 2. The molecule has 2 amide bonds. The Labute approximate surface area is 115 Å². The quantitative estimate of drug-likeness (QED) is 0.713. The first kappa shape index (κ1) is 13.6. The van der Waals surface area contributed by atoms with Crippen molar-refractivity contribution in [1.29, 1.82) is 0 Å². The van der Waals surface area contributed by atoms with Gasteiger partial charge in [-0.3, -0.25) is 14.3 Å². The van der Waals surface area contributed by atoms with Gasteiger partial charge in [0.25, 0.3) is 5.91 Å². The van der Waals surface area contributed by atoms with E-state index in [1.54, 1.807) is 31.2 Å². The van der Waals surface area contributed by atoms with E-state index >= 15 is 0 Å². The van der Waals surface area contributed by atoms with Crippen LogP contribution in [0.15, 0.2) is 36.7 Å². The highest BCUT2D eigenvalue weighted by atomic mass is 16.2. The van der Waals surface area contributed by atoms with Crippen molar-refractivity contribution in [3.8, 4) is 0 Å². The molecule has 0 radical (unpaired) electrons. The Hall–Kier alpha value is -2.83. The summed E-state index contributed by atoms with van der Waals surface area (Å²) in [5.41, 5.74) is 12.2. The fraction of sp³-hybridized carbons (Fsp3) is 0.154. The van der Waals surface area contributed by atoms with E-state index in [0.29, 0.717) is 11.4 Å². The number of nitrogens with one attached hydrogen (secondary N) is 1. The molecule has 1 heterocycles. The van der Waals surface area contributed by atoms with Crippen LogP contribution in [0.4, 0.5) is 11.4 Å². The Kier molecular flexibility index (Phi) is 3.69. The summed E-state index contributed by atoms with van der Waals surface area (Å²) in [5.74, 6) is -0.852. The van der Waals surface area contributed by atoms with Crippen molar-refractivity contribution >= 4 is 23.2 Å². The molecule has 0 bridgehead atoms. The van der Waals surface area contributed by atoms with E-state index in [9.17, 15) is 9.59 Å². The van der Waals surface area contributed by atoms with Crippen molar-refractivity contribution < 1.29 is 9.59 Å². The summed E-state index contributed by atoms with van der Waals surface area (Å²) in [6, 6.07) is 6.28. The predicted molar refractivity (Wildman–Crippen MR) is 74.9 cm³/mol. The second-order valence-corrected chi connectivity index (χ2v) is 4.36. The molecule has 0 aliphatic rings. The van der Waals surface area contributed by atoms with Crippen molar-refractivity contribution in [2.75, 3.05) is 11.1 Å². The van der Waals surface area contributed by atoms with Crippen LogP contribution in [-0.4, -0.2) is 21.6 Å². The lowest BCUT2D eigenvalue weighted by Gasteiger charge is -2.12. The maximum absolute atomic E-state index is 12.1. The number of nitrogens with zero attached hydrogens (tertiary/aromatic N) is 2. The summed E-state index contributed by atoms with van der Waals surface area (Å²) in [4.78, 5) is 23.1. The molecule has 7 nitrogen and oxygen atoms in total. The van der Waals surface area contributed by atoms with Gasteiger partial charge in [-0.15, -0.1) is 0 Å². The number of hydrogen-bond acceptors (Lipinski definition) is 4. The molecule has 7 heteroatoms. The second-order valence-electron chi connectivity index (χ2n) is 4.36. The molecule has 0 aliphatic heterocycles. The lowest BCUT2D eigenvalue weighted by molar-refractivity contribution is -0.119. The van der Waals surface area contributed by atoms with Crippen LogP contribution in [0.5, 0.6) is 0 Å². The molecular formula is C13H15N5O2. The molecule has 0 saturated carbocycles. The number of rotatable bonds is 4. The average Bonchev–Trinajstić information content (AvgIpc) is 2.87. The minimum absolute atomic E-state index is 0.258. The van der Waals surface area contributed by atoms with Gasteiger partial charge in [-0.2, -0.15) is 5.10 Å². The summed E-state index contributed by atoms with van der Waals surface area (Å²) in [5, 5.41) is 6.67. The van der Waals surface area contributed by atoms with E-state index in [4.69, 9.17) is 11.5 Å². The molecule has 0 saturated heterocycles. The molecular weight excluding hydrogens is 258 g/mol. The highest BCUT2D eigenvalue weighted by Gasteiger charge is 2.17. The molecule has 20 heavy (non-hydrogen) atoms. The third-order valence-corrected chi connectivity index (χ3v) is 2.82. The van der Waals surface area contributed by atoms with Gasteiger partial charge in [-0.25, -0.2) is 0 Å². The predicted octanol–water partition coefficient (Wildman–Crippen LogP) is 0.764. The normalized spacial score (nSPS) is 11.8. The number of amides is 2. The zero-order valence-electron chi connectivity index (χ0n) is 10.9. The van der Waals surface area contributed by atoms with E-state index in [1.165, 1.54) is 17.1 Å². The number of nitrogens with two attached hydrogens (primary N) is 2. The Balaban J connectivity index is 2.10.